The monoisotopic (exact) mass is 428 g/mol. The second kappa shape index (κ2) is 15.9. The van der Waals surface area contributed by atoms with Crippen LogP contribution in [0.15, 0.2) is 30.3 Å². The molecule has 0 heterocycles. The van der Waals surface area contributed by atoms with Crippen molar-refractivity contribution in [1.29, 1.82) is 0 Å². The molecule has 174 valence electrons. The third-order valence-electron chi connectivity index (χ3n) is 6.16. The van der Waals surface area contributed by atoms with Gasteiger partial charge in [0, 0.05) is 0 Å². The van der Waals surface area contributed by atoms with Crippen molar-refractivity contribution in [2.24, 2.45) is 0 Å². The van der Waals surface area contributed by atoms with Crippen LogP contribution in [-0.2, 0) is 9.53 Å². The Labute approximate surface area is 190 Å². The van der Waals surface area contributed by atoms with E-state index in [9.17, 15) is 4.79 Å². The Balaban J connectivity index is 1.84. The van der Waals surface area contributed by atoms with E-state index in [0.717, 1.165) is 31.4 Å². The van der Waals surface area contributed by atoms with Crippen LogP contribution in [0.25, 0.3) is 5.57 Å². The van der Waals surface area contributed by atoms with E-state index >= 15 is 0 Å². The number of rotatable bonds is 14. The van der Waals surface area contributed by atoms with Gasteiger partial charge in [-0.25, -0.2) is 4.79 Å². The molecule has 0 fully saturated rings. The van der Waals surface area contributed by atoms with Gasteiger partial charge in [-0.2, -0.15) is 0 Å². The van der Waals surface area contributed by atoms with E-state index in [4.69, 9.17) is 9.47 Å². The summed E-state index contributed by atoms with van der Waals surface area (Å²) in [6.07, 6.45) is 20.2. The molecule has 1 aliphatic rings. The molecular formula is C28H44O3. The van der Waals surface area contributed by atoms with E-state index in [0.29, 0.717) is 6.61 Å². The first kappa shape index (κ1) is 25.5. The molecule has 1 aliphatic carbocycles. The molecule has 3 nitrogen and oxygen atoms in total. The molecule has 0 radical (unpaired) electrons. The first-order valence-electron chi connectivity index (χ1n) is 12.9. The summed E-state index contributed by atoms with van der Waals surface area (Å²) < 4.78 is 11.4. The fourth-order valence-electron chi connectivity index (χ4n) is 4.29. The van der Waals surface area contributed by atoms with Gasteiger partial charge in [-0.3, -0.25) is 0 Å². The highest BCUT2D eigenvalue weighted by molar-refractivity contribution is 5.75. The molecule has 1 unspecified atom stereocenters. The van der Waals surface area contributed by atoms with Crippen LogP contribution in [0.1, 0.15) is 116 Å². The maximum absolute atomic E-state index is 12.4. The van der Waals surface area contributed by atoms with Gasteiger partial charge in [-0.05, 0) is 68.7 Å². The first-order chi connectivity index (χ1) is 15.2. The number of benzene rings is 1. The van der Waals surface area contributed by atoms with Crippen LogP contribution in [0, 0.1) is 0 Å². The standard InChI is InChI=1S/C28H44O3/c1-3-5-6-7-8-9-13-16-19-27(28(29)30-4-2)31-26-22-20-25(21-23-26)24-17-14-11-10-12-15-18-24/h17,20-23,27H,3-16,18-19H2,1-2H3/b24-17+. The van der Waals surface area contributed by atoms with E-state index < -0.39 is 6.10 Å². The molecule has 0 saturated heterocycles. The van der Waals surface area contributed by atoms with Crippen LogP contribution in [0.4, 0.5) is 0 Å². The van der Waals surface area contributed by atoms with Gasteiger partial charge in [0.2, 0.25) is 0 Å². The minimum Gasteiger partial charge on any atom is -0.479 e. The first-order valence-corrected chi connectivity index (χ1v) is 12.9. The molecule has 0 amide bonds. The Hall–Kier alpha value is -1.77. The fraction of sp³-hybridized carbons (Fsp3) is 0.679. The predicted molar refractivity (Wildman–Crippen MR) is 130 cm³/mol. The van der Waals surface area contributed by atoms with Gasteiger partial charge in [0.25, 0.3) is 0 Å². The molecule has 0 spiro atoms. The second-order valence-corrected chi connectivity index (χ2v) is 8.83. The van der Waals surface area contributed by atoms with E-state index in [-0.39, 0.29) is 5.97 Å². The van der Waals surface area contributed by atoms with Crippen molar-refractivity contribution in [3.63, 3.8) is 0 Å². The topological polar surface area (TPSA) is 35.5 Å². The van der Waals surface area contributed by atoms with E-state index in [2.05, 4.69) is 25.1 Å². The van der Waals surface area contributed by atoms with E-state index in [1.807, 2.05) is 19.1 Å². The zero-order valence-corrected chi connectivity index (χ0v) is 20.0. The van der Waals surface area contributed by atoms with Crippen LogP contribution in [0.2, 0.25) is 0 Å². The molecular weight excluding hydrogens is 384 g/mol. The lowest BCUT2D eigenvalue weighted by Gasteiger charge is -2.18. The number of ether oxygens (including phenoxy) is 2. The number of esters is 1. The normalized spacial score (nSPS) is 17.2. The summed E-state index contributed by atoms with van der Waals surface area (Å²) in [6, 6.07) is 8.30. The number of carbonyl (C=O) groups excluding carboxylic acids is 1. The molecule has 1 aromatic carbocycles. The molecule has 1 aromatic rings. The maximum atomic E-state index is 12.4. The molecule has 0 aliphatic heterocycles. The highest BCUT2D eigenvalue weighted by Crippen LogP contribution is 2.27. The highest BCUT2D eigenvalue weighted by Gasteiger charge is 2.21. The summed E-state index contributed by atoms with van der Waals surface area (Å²) in [6.45, 7) is 4.49. The smallest absolute Gasteiger partial charge is 0.347 e. The molecule has 0 saturated carbocycles. The van der Waals surface area contributed by atoms with Crippen molar-refractivity contribution in [1.82, 2.24) is 0 Å². The Morgan fingerprint density at radius 1 is 0.871 bits per heavy atom. The van der Waals surface area contributed by atoms with E-state index in [1.165, 1.54) is 81.8 Å². The molecule has 0 aromatic heterocycles. The second-order valence-electron chi connectivity index (χ2n) is 8.83. The van der Waals surface area contributed by atoms with Gasteiger partial charge < -0.3 is 9.47 Å². The van der Waals surface area contributed by atoms with Gasteiger partial charge >= 0.3 is 5.97 Å². The number of unbranched alkanes of at least 4 members (excludes halogenated alkanes) is 7. The maximum Gasteiger partial charge on any atom is 0.347 e. The Kier molecular flexibility index (Phi) is 13.1. The number of carbonyl (C=O) groups is 1. The predicted octanol–water partition coefficient (Wildman–Crippen LogP) is 8.27. The minimum atomic E-state index is -0.508. The summed E-state index contributed by atoms with van der Waals surface area (Å²) in [5.74, 6) is 0.519. The summed E-state index contributed by atoms with van der Waals surface area (Å²) in [7, 11) is 0. The Morgan fingerprint density at radius 2 is 1.55 bits per heavy atom. The summed E-state index contributed by atoms with van der Waals surface area (Å²) in [4.78, 5) is 12.4. The van der Waals surface area contributed by atoms with Crippen molar-refractivity contribution in [3.05, 3.63) is 35.9 Å². The molecule has 0 bridgehead atoms. The van der Waals surface area contributed by atoms with Crippen LogP contribution >= 0.6 is 0 Å². The number of hydrogen-bond donors (Lipinski definition) is 0. The third kappa shape index (κ3) is 10.4. The van der Waals surface area contributed by atoms with Gasteiger partial charge in [0.15, 0.2) is 6.10 Å². The molecule has 0 N–H and O–H groups in total. The molecule has 1 atom stereocenters. The summed E-state index contributed by atoms with van der Waals surface area (Å²) in [5, 5.41) is 0. The summed E-state index contributed by atoms with van der Waals surface area (Å²) >= 11 is 0. The average Bonchev–Trinajstić information content (AvgIpc) is 2.75. The van der Waals surface area contributed by atoms with Gasteiger partial charge in [0.1, 0.15) is 5.75 Å². The van der Waals surface area contributed by atoms with Crippen molar-refractivity contribution in [2.75, 3.05) is 6.61 Å². The van der Waals surface area contributed by atoms with Crippen LogP contribution in [0.5, 0.6) is 5.75 Å². The lowest BCUT2D eigenvalue weighted by Crippen LogP contribution is -2.29. The van der Waals surface area contributed by atoms with Crippen LogP contribution in [-0.4, -0.2) is 18.7 Å². The van der Waals surface area contributed by atoms with Crippen LogP contribution in [0.3, 0.4) is 0 Å². The Bertz CT molecular complexity index is 632. The lowest BCUT2D eigenvalue weighted by atomic mass is 9.95. The van der Waals surface area contributed by atoms with Crippen molar-refractivity contribution >= 4 is 11.5 Å². The molecule has 2 rings (SSSR count). The van der Waals surface area contributed by atoms with Crippen molar-refractivity contribution in [2.45, 2.75) is 116 Å². The largest absolute Gasteiger partial charge is 0.479 e. The lowest BCUT2D eigenvalue weighted by molar-refractivity contribution is -0.151. The molecule has 31 heavy (non-hydrogen) atoms. The highest BCUT2D eigenvalue weighted by atomic mass is 16.6. The number of hydrogen-bond acceptors (Lipinski definition) is 3. The minimum absolute atomic E-state index is 0.239. The SMILES string of the molecule is CCCCCCCCCCC(Oc1ccc(/C2=C/CCCCCC2)cc1)C(=O)OCC. The summed E-state index contributed by atoms with van der Waals surface area (Å²) in [5.41, 5.74) is 2.73. The zero-order valence-electron chi connectivity index (χ0n) is 20.0. The van der Waals surface area contributed by atoms with Gasteiger partial charge in [-0.15, -0.1) is 0 Å². The quantitative estimate of drug-likeness (QED) is 0.221. The molecule has 3 heteroatoms. The van der Waals surface area contributed by atoms with Crippen LogP contribution < -0.4 is 4.74 Å². The van der Waals surface area contributed by atoms with Crippen molar-refractivity contribution in [3.8, 4) is 5.75 Å². The number of allylic oxidation sites excluding steroid dienone is 2. The van der Waals surface area contributed by atoms with Crippen molar-refractivity contribution < 1.29 is 14.3 Å². The fourth-order valence-corrected chi connectivity index (χ4v) is 4.29. The third-order valence-corrected chi connectivity index (χ3v) is 6.16. The Morgan fingerprint density at radius 3 is 2.26 bits per heavy atom. The van der Waals surface area contributed by atoms with Gasteiger partial charge in [0.05, 0.1) is 6.61 Å². The zero-order chi connectivity index (χ0) is 22.2. The average molecular weight is 429 g/mol. The van der Waals surface area contributed by atoms with Gasteiger partial charge in [-0.1, -0.05) is 82.9 Å². The van der Waals surface area contributed by atoms with E-state index in [1.54, 1.807) is 0 Å².